The third-order valence-electron chi connectivity index (χ3n) is 2.38. The molecule has 0 heterocycles. The zero-order valence-electron chi connectivity index (χ0n) is 9.74. The van der Waals surface area contributed by atoms with Gasteiger partial charge in [-0.1, -0.05) is 42.6 Å². The fourth-order valence-electron chi connectivity index (χ4n) is 1.46. The third-order valence-corrected chi connectivity index (χ3v) is 3.20. The number of amides is 1. The van der Waals surface area contributed by atoms with Crippen molar-refractivity contribution in [3.05, 3.63) is 33.8 Å². The molecule has 0 fully saturated rings. The Morgan fingerprint density at radius 1 is 1.39 bits per heavy atom. The highest BCUT2D eigenvalue weighted by atomic mass is 35.5. The molecule has 1 aromatic carbocycles. The Kier molecular flexibility index (Phi) is 5.44. The van der Waals surface area contributed by atoms with Crippen molar-refractivity contribution < 1.29 is 14.7 Å². The van der Waals surface area contributed by atoms with E-state index in [4.69, 9.17) is 28.3 Å². The van der Waals surface area contributed by atoms with Gasteiger partial charge in [-0.3, -0.25) is 4.79 Å². The van der Waals surface area contributed by atoms with Crippen molar-refractivity contribution in [3.8, 4) is 0 Å². The number of hydrogen-bond donors (Lipinski definition) is 2. The highest BCUT2D eigenvalue weighted by Crippen LogP contribution is 2.25. The van der Waals surface area contributed by atoms with Crippen LogP contribution in [-0.2, 0) is 4.79 Å². The summed E-state index contributed by atoms with van der Waals surface area (Å²) in [7, 11) is 0. The van der Waals surface area contributed by atoms with Crippen LogP contribution in [0.4, 0.5) is 0 Å². The molecule has 1 amide bonds. The zero-order valence-corrected chi connectivity index (χ0v) is 11.3. The lowest BCUT2D eigenvalue weighted by Crippen LogP contribution is -2.40. The van der Waals surface area contributed by atoms with Crippen molar-refractivity contribution in [2.45, 2.75) is 25.8 Å². The number of carbonyl (C=O) groups is 2. The molecule has 0 radical (unpaired) electrons. The van der Waals surface area contributed by atoms with E-state index in [1.165, 1.54) is 6.07 Å². The molecule has 6 heteroatoms. The molecule has 0 saturated carbocycles. The predicted octanol–water partition coefficient (Wildman–Crippen LogP) is 2.98. The van der Waals surface area contributed by atoms with Crippen LogP contribution in [0, 0.1) is 0 Å². The van der Waals surface area contributed by atoms with Gasteiger partial charge in [0.2, 0.25) is 0 Å². The Balaban J connectivity index is 2.87. The minimum absolute atomic E-state index is 0.123. The highest BCUT2D eigenvalue weighted by Gasteiger charge is 2.21. The average Bonchev–Trinajstić information content (AvgIpc) is 2.31. The number of nitrogens with one attached hydrogen (secondary N) is 1. The Morgan fingerprint density at radius 3 is 2.61 bits per heavy atom. The minimum Gasteiger partial charge on any atom is -0.480 e. The van der Waals surface area contributed by atoms with E-state index in [1.807, 2.05) is 6.92 Å². The molecule has 1 rings (SSSR count). The summed E-state index contributed by atoms with van der Waals surface area (Å²) >= 11 is 11.7. The third kappa shape index (κ3) is 3.62. The van der Waals surface area contributed by atoms with Crippen molar-refractivity contribution >= 4 is 35.1 Å². The number of carbonyl (C=O) groups excluding carboxylic acids is 1. The minimum atomic E-state index is -1.07. The SMILES string of the molecule is CCC[C@@H](NC(=O)c1cccc(Cl)c1Cl)C(=O)O. The first-order chi connectivity index (χ1) is 8.47. The normalized spacial score (nSPS) is 11.9. The number of hydrogen-bond acceptors (Lipinski definition) is 2. The van der Waals surface area contributed by atoms with Gasteiger partial charge in [-0.15, -0.1) is 0 Å². The van der Waals surface area contributed by atoms with Gasteiger partial charge in [0, 0.05) is 0 Å². The van der Waals surface area contributed by atoms with Gasteiger partial charge in [0.05, 0.1) is 15.6 Å². The van der Waals surface area contributed by atoms with Crippen LogP contribution in [0.5, 0.6) is 0 Å². The average molecular weight is 290 g/mol. The van der Waals surface area contributed by atoms with Crippen molar-refractivity contribution in [1.82, 2.24) is 5.32 Å². The van der Waals surface area contributed by atoms with Gasteiger partial charge in [-0.25, -0.2) is 4.79 Å². The van der Waals surface area contributed by atoms with Gasteiger partial charge in [-0.2, -0.15) is 0 Å². The number of carboxylic acid groups (broad SMARTS) is 1. The number of benzene rings is 1. The van der Waals surface area contributed by atoms with Gasteiger partial charge < -0.3 is 10.4 Å². The summed E-state index contributed by atoms with van der Waals surface area (Å²) in [6.07, 6.45) is 1.01. The molecule has 0 unspecified atom stereocenters. The first-order valence-corrected chi connectivity index (χ1v) is 6.20. The van der Waals surface area contributed by atoms with Crippen LogP contribution in [0.2, 0.25) is 10.0 Å². The lowest BCUT2D eigenvalue weighted by atomic mass is 10.1. The molecule has 1 aromatic rings. The van der Waals surface area contributed by atoms with E-state index in [2.05, 4.69) is 5.32 Å². The van der Waals surface area contributed by atoms with Gasteiger partial charge in [-0.05, 0) is 18.6 Å². The summed E-state index contributed by atoms with van der Waals surface area (Å²) in [4.78, 5) is 22.8. The molecular weight excluding hydrogens is 277 g/mol. The van der Waals surface area contributed by atoms with Crippen LogP contribution in [0.3, 0.4) is 0 Å². The fourth-order valence-corrected chi connectivity index (χ4v) is 1.85. The summed E-state index contributed by atoms with van der Waals surface area (Å²) in [5.41, 5.74) is 0.173. The van der Waals surface area contributed by atoms with E-state index in [1.54, 1.807) is 12.1 Å². The van der Waals surface area contributed by atoms with E-state index < -0.39 is 17.9 Å². The second-order valence-electron chi connectivity index (χ2n) is 3.75. The summed E-state index contributed by atoms with van der Waals surface area (Å²) in [5, 5.41) is 11.7. The monoisotopic (exact) mass is 289 g/mol. The maximum atomic E-state index is 11.9. The molecule has 2 N–H and O–H groups in total. The molecule has 0 aliphatic carbocycles. The van der Waals surface area contributed by atoms with E-state index in [0.29, 0.717) is 12.8 Å². The van der Waals surface area contributed by atoms with E-state index in [9.17, 15) is 9.59 Å². The number of halogens is 2. The Bertz CT molecular complexity index is 463. The van der Waals surface area contributed by atoms with Crippen LogP contribution in [0.15, 0.2) is 18.2 Å². The zero-order chi connectivity index (χ0) is 13.7. The lowest BCUT2D eigenvalue weighted by molar-refractivity contribution is -0.139. The summed E-state index contributed by atoms with van der Waals surface area (Å²) < 4.78 is 0. The Morgan fingerprint density at radius 2 is 2.06 bits per heavy atom. The van der Waals surface area contributed by atoms with Crippen LogP contribution in [-0.4, -0.2) is 23.0 Å². The molecule has 98 valence electrons. The predicted molar refractivity (Wildman–Crippen MR) is 70.3 cm³/mol. The second-order valence-corrected chi connectivity index (χ2v) is 4.54. The molecule has 1 atom stereocenters. The van der Waals surface area contributed by atoms with Crippen LogP contribution in [0.1, 0.15) is 30.1 Å². The van der Waals surface area contributed by atoms with Crippen molar-refractivity contribution in [2.75, 3.05) is 0 Å². The first kappa shape index (κ1) is 14.8. The van der Waals surface area contributed by atoms with Gasteiger partial charge >= 0.3 is 5.97 Å². The smallest absolute Gasteiger partial charge is 0.326 e. The van der Waals surface area contributed by atoms with Crippen LogP contribution >= 0.6 is 23.2 Å². The largest absolute Gasteiger partial charge is 0.480 e. The summed E-state index contributed by atoms with van der Waals surface area (Å²) in [5.74, 6) is -1.60. The fraction of sp³-hybridized carbons (Fsp3) is 0.333. The van der Waals surface area contributed by atoms with Gasteiger partial charge in [0.1, 0.15) is 6.04 Å². The van der Waals surface area contributed by atoms with Crippen molar-refractivity contribution in [2.24, 2.45) is 0 Å². The Hall–Kier alpha value is -1.26. The molecule has 4 nitrogen and oxygen atoms in total. The molecule has 0 bridgehead atoms. The summed E-state index contributed by atoms with van der Waals surface area (Å²) in [6.45, 7) is 1.84. The second kappa shape index (κ2) is 6.61. The topological polar surface area (TPSA) is 66.4 Å². The number of rotatable bonds is 5. The standard InChI is InChI=1S/C12H13Cl2NO3/c1-2-4-9(12(17)18)15-11(16)7-5-3-6-8(13)10(7)14/h3,5-6,9H,2,4H2,1H3,(H,15,16)(H,17,18)/t9-/m1/s1. The van der Waals surface area contributed by atoms with Crippen molar-refractivity contribution in [1.29, 1.82) is 0 Å². The molecule has 0 spiro atoms. The molecule has 0 aliphatic rings. The first-order valence-electron chi connectivity index (χ1n) is 5.45. The van der Waals surface area contributed by atoms with Gasteiger partial charge in [0.25, 0.3) is 5.91 Å². The molecule has 0 saturated heterocycles. The lowest BCUT2D eigenvalue weighted by Gasteiger charge is -2.14. The van der Waals surface area contributed by atoms with E-state index in [0.717, 1.165) is 0 Å². The number of aliphatic carboxylic acids is 1. The Labute approximate surface area is 115 Å². The summed E-state index contributed by atoms with van der Waals surface area (Å²) in [6, 6.07) is 3.71. The molecule has 18 heavy (non-hydrogen) atoms. The maximum absolute atomic E-state index is 11.9. The number of carboxylic acids is 1. The van der Waals surface area contributed by atoms with Gasteiger partial charge in [0.15, 0.2) is 0 Å². The van der Waals surface area contributed by atoms with Crippen molar-refractivity contribution in [3.63, 3.8) is 0 Å². The molecule has 0 aliphatic heterocycles. The highest BCUT2D eigenvalue weighted by molar-refractivity contribution is 6.43. The van der Waals surface area contributed by atoms with Crippen LogP contribution < -0.4 is 5.32 Å². The maximum Gasteiger partial charge on any atom is 0.326 e. The molecular formula is C12H13Cl2NO3. The quantitative estimate of drug-likeness (QED) is 0.876. The van der Waals surface area contributed by atoms with E-state index in [-0.39, 0.29) is 15.6 Å². The molecule has 0 aromatic heterocycles. The van der Waals surface area contributed by atoms with Crippen LogP contribution in [0.25, 0.3) is 0 Å². The van der Waals surface area contributed by atoms with E-state index >= 15 is 0 Å².